The lowest BCUT2D eigenvalue weighted by molar-refractivity contribution is 0.808. The minimum absolute atomic E-state index is 0.837. The highest BCUT2D eigenvalue weighted by molar-refractivity contribution is 5.40. The highest BCUT2D eigenvalue weighted by Crippen LogP contribution is 2.24. The van der Waals surface area contributed by atoms with Gasteiger partial charge in [0.1, 0.15) is 5.82 Å². The summed E-state index contributed by atoms with van der Waals surface area (Å²) in [6, 6.07) is 0. The van der Waals surface area contributed by atoms with E-state index in [1.54, 1.807) is 0 Å². The molecule has 0 N–H and O–H groups in total. The Morgan fingerprint density at radius 2 is 2.06 bits per heavy atom. The van der Waals surface area contributed by atoms with E-state index in [0.717, 1.165) is 30.0 Å². The maximum absolute atomic E-state index is 4.52. The number of aromatic nitrogens is 4. The molecule has 2 aromatic heterocycles. The van der Waals surface area contributed by atoms with E-state index >= 15 is 0 Å². The Morgan fingerprint density at radius 3 is 2.81 bits per heavy atom. The number of hydrogen-bond acceptors (Lipinski definition) is 3. The zero-order valence-corrected chi connectivity index (χ0v) is 9.56. The van der Waals surface area contributed by atoms with Crippen molar-refractivity contribution in [2.45, 2.75) is 33.1 Å². The van der Waals surface area contributed by atoms with Crippen LogP contribution >= 0.6 is 0 Å². The van der Waals surface area contributed by atoms with Crippen molar-refractivity contribution in [1.29, 1.82) is 0 Å². The predicted molar refractivity (Wildman–Crippen MR) is 60.7 cm³/mol. The fourth-order valence-electron chi connectivity index (χ4n) is 2.25. The van der Waals surface area contributed by atoms with Crippen LogP contribution < -0.4 is 0 Å². The van der Waals surface area contributed by atoms with Crippen LogP contribution in [-0.4, -0.2) is 19.7 Å². The van der Waals surface area contributed by atoms with Crippen LogP contribution in [0.15, 0.2) is 12.4 Å². The first-order chi connectivity index (χ1) is 7.74. The second kappa shape index (κ2) is 3.40. The van der Waals surface area contributed by atoms with Crippen LogP contribution in [0.3, 0.4) is 0 Å². The highest BCUT2D eigenvalue weighted by Gasteiger charge is 2.19. The summed E-state index contributed by atoms with van der Waals surface area (Å²) < 4.78 is 1.87. The zero-order chi connectivity index (χ0) is 11.1. The van der Waals surface area contributed by atoms with Gasteiger partial charge in [0.2, 0.25) is 0 Å². The lowest BCUT2D eigenvalue weighted by atomic mass is 10.2. The molecule has 2 aromatic rings. The number of hydrogen-bond donors (Lipinski definition) is 0. The topological polar surface area (TPSA) is 43.6 Å². The Bertz CT molecular complexity index is 542. The quantitative estimate of drug-likeness (QED) is 0.726. The lowest BCUT2D eigenvalue weighted by Crippen LogP contribution is -2.07. The van der Waals surface area contributed by atoms with Crippen LogP contribution in [0.2, 0.25) is 0 Å². The van der Waals surface area contributed by atoms with E-state index in [0.29, 0.717) is 0 Å². The molecule has 0 fully saturated rings. The first-order valence-corrected chi connectivity index (χ1v) is 5.62. The third-order valence-electron chi connectivity index (χ3n) is 2.95. The summed E-state index contributed by atoms with van der Waals surface area (Å²) in [5, 5.41) is 4.33. The smallest absolute Gasteiger partial charge is 0.160 e. The molecule has 1 aliphatic carbocycles. The van der Waals surface area contributed by atoms with Crippen LogP contribution in [0.1, 0.15) is 29.1 Å². The van der Waals surface area contributed by atoms with Crippen LogP contribution in [-0.2, 0) is 12.8 Å². The van der Waals surface area contributed by atoms with Crippen LogP contribution in [0.5, 0.6) is 0 Å². The van der Waals surface area contributed by atoms with Gasteiger partial charge in [0, 0.05) is 17.5 Å². The fourth-order valence-corrected chi connectivity index (χ4v) is 2.25. The van der Waals surface area contributed by atoms with Crippen LogP contribution in [0.25, 0.3) is 5.82 Å². The number of fused-ring (bicyclic) bond motifs is 1. The van der Waals surface area contributed by atoms with Crippen LogP contribution in [0, 0.1) is 13.8 Å². The highest BCUT2D eigenvalue weighted by atomic mass is 15.3. The van der Waals surface area contributed by atoms with E-state index in [1.165, 1.54) is 17.7 Å². The summed E-state index contributed by atoms with van der Waals surface area (Å²) in [6.07, 6.45) is 7.20. The molecule has 0 saturated heterocycles. The van der Waals surface area contributed by atoms with Crippen molar-refractivity contribution in [2.24, 2.45) is 0 Å². The van der Waals surface area contributed by atoms with E-state index in [9.17, 15) is 0 Å². The number of rotatable bonds is 1. The predicted octanol–water partition coefficient (Wildman–Crippen LogP) is 1.77. The molecule has 82 valence electrons. The standard InChI is InChI=1S/C12H14N4/c1-8-6-13-16(7-8)12-10-4-3-5-11(10)14-9(2)15-12/h6-7H,3-5H2,1-2H3. The SMILES string of the molecule is Cc1cnn(-c2nc(C)nc3c2CCC3)c1. The first-order valence-electron chi connectivity index (χ1n) is 5.62. The maximum atomic E-state index is 4.52. The van der Waals surface area contributed by atoms with Crippen molar-refractivity contribution in [3.8, 4) is 5.82 Å². The Hall–Kier alpha value is -1.71. The normalized spacial score (nSPS) is 14.1. The molecule has 4 heteroatoms. The first kappa shape index (κ1) is 9.51. The summed E-state index contributed by atoms with van der Waals surface area (Å²) in [7, 11) is 0. The van der Waals surface area contributed by atoms with Crippen molar-refractivity contribution in [3.63, 3.8) is 0 Å². The molecule has 0 amide bonds. The zero-order valence-electron chi connectivity index (χ0n) is 9.56. The Morgan fingerprint density at radius 1 is 1.19 bits per heavy atom. The van der Waals surface area contributed by atoms with E-state index in [4.69, 9.17) is 0 Å². The van der Waals surface area contributed by atoms with Crippen molar-refractivity contribution in [3.05, 3.63) is 35.0 Å². The summed E-state index contributed by atoms with van der Waals surface area (Å²) in [6.45, 7) is 3.98. The average Bonchev–Trinajstić information content (AvgIpc) is 2.84. The fraction of sp³-hybridized carbons (Fsp3) is 0.417. The molecule has 0 aliphatic heterocycles. The van der Waals surface area contributed by atoms with Gasteiger partial charge in [-0.1, -0.05) is 0 Å². The van der Waals surface area contributed by atoms with E-state index in [-0.39, 0.29) is 0 Å². The van der Waals surface area contributed by atoms with E-state index < -0.39 is 0 Å². The average molecular weight is 214 g/mol. The number of aryl methyl sites for hydroxylation is 3. The van der Waals surface area contributed by atoms with Crippen molar-refractivity contribution in [2.75, 3.05) is 0 Å². The molecular weight excluding hydrogens is 200 g/mol. The minimum atomic E-state index is 0.837. The molecule has 1 aliphatic rings. The van der Waals surface area contributed by atoms with Gasteiger partial charge in [0.05, 0.1) is 6.20 Å². The van der Waals surface area contributed by atoms with Crippen molar-refractivity contribution in [1.82, 2.24) is 19.7 Å². The van der Waals surface area contributed by atoms with Gasteiger partial charge in [-0.05, 0) is 38.7 Å². The molecule has 0 saturated carbocycles. The van der Waals surface area contributed by atoms with Gasteiger partial charge in [0.25, 0.3) is 0 Å². The monoisotopic (exact) mass is 214 g/mol. The molecule has 16 heavy (non-hydrogen) atoms. The van der Waals surface area contributed by atoms with Crippen LogP contribution in [0.4, 0.5) is 0 Å². The second-order valence-electron chi connectivity index (χ2n) is 4.34. The van der Waals surface area contributed by atoms with Gasteiger partial charge < -0.3 is 0 Å². The van der Waals surface area contributed by atoms with Gasteiger partial charge in [-0.15, -0.1) is 0 Å². The van der Waals surface area contributed by atoms with Gasteiger partial charge in [-0.3, -0.25) is 0 Å². The minimum Gasteiger partial charge on any atom is -0.238 e. The van der Waals surface area contributed by atoms with E-state index in [1.807, 2.05) is 30.9 Å². The molecule has 0 spiro atoms. The molecule has 3 rings (SSSR count). The molecule has 0 aromatic carbocycles. The lowest BCUT2D eigenvalue weighted by Gasteiger charge is -2.07. The maximum Gasteiger partial charge on any atom is 0.160 e. The third-order valence-corrected chi connectivity index (χ3v) is 2.95. The molecule has 0 bridgehead atoms. The Kier molecular flexibility index (Phi) is 2.02. The molecule has 4 nitrogen and oxygen atoms in total. The molecular formula is C12H14N4. The Labute approximate surface area is 94.4 Å². The van der Waals surface area contributed by atoms with Gasteiger partial charge in [-0.25, -0.2) is 14.6 Å². The largest absolute Gasteiger partial charge is 0.238 e. The van der Waals surface area contributed by atoms with Crippen molar-refractivity contribution >= 4 is 0 Å². The third kappa shape index (κ3) is 1.41. The van der Waals surface area contributed by atoms with Gasteiger partial charge in [-0.2, -0.15) is 5.10 Å². The second-order valence-corrected chi connectivity index (χ2v) is 4.34. The van der Waals surface area contributed by atoms with Gasteiger partial charge in [0.15, 0.2) is 5.82 Å². The van der Waals surface area contributed by atoms with Crippen molar-refractivity contribution < 1.29 is 0 Å². The molecule has 0 unspecified atom stereocenters. The molecule has 0 atom stereocenters. The summed E-state index contributed by atoms with van der Waals surface area (Å²) in [5.74, 6) is 1.80. The molecule has 2 heterocycles. The summed E-state index contributed by atoms with van der Waals surface area (Å²) >= 11 is 0. The summed E-state index contributed by atoms with van der Waals surface area (Å²) in [5.41, 5.74) is 3.63. The van der Waals surface area contributed by atoms with Gasteiger partial charge >= 0.3 is 0 Å². The Balaban J connectivity index is 2.20. The molecule has 0 radical (unpaired) electrons. The van der Waals surface area contributed by atoms with E-state index in [2.05, 4.69) is 15.1 Å². The summed E-state index contributed by atoms with van der Waals surface area (Å²) in [4.78, 5) is 9.01. The number of nitrogens with zero attached hydrogens (tertiary/aromatic N) is 4.